The number of carbonyl (C=O) groups is 1. The molecule has 1 aliphatic rings. The lowest BCUT2D eigenvalue weighted by molar-refractivity contribution is -0.301. The van der Waals surface area contributed by atoms with E-state index in [1.54, 1.807) is 0 Å². The van der Waals surface area contributed by atoms with Crippen LogP contribution in [0.5, 0.6) is 0 Å². The van der Waals surface area contributed by atoms with Gasteiger partial charge in [0.05, 0.1) is 19.8 Å². The minimum Gasteiger partial charge on any atom is -0.457 e. The van der Waals surface area contributed by atoms with E-state index >= 15 is 0 Å². The number of carbonyl (C=O) groups excluding carboxylic acids is 1. The molecule has 1 saturated heterocycles. The summed E-state index contributed by atoms with van der Waals surface area (Å²) < 4.78 is 59.3. The number of ether oxygens (including phenoxy) is 4. The second kappa shape index (κ2) is 42.5. The molecular weight excluding hydrogens is 825 g/mol. The quantitative estimate of drug-likeness (QED) is 0.0258. The van der Waals surface area contributed by atoms with E-state index in [0.717, 1.165) is 38.5 Å². The molecule has 0 radical (unpaired) electrons. The number of rotatable bonds is 47. The summed E-state index contributed by atoms with van der Waals surface area (Å²) in [7, 11) is -5.06. The Balaban J connectivity index is 2.33. The molecule has 12 nitrogen and oxygen atoms in total. The summed E-state index contributed by atoms with van der Waals surface area (Å²) in [5.41, 5.74) is 0. The maximum atomic E-state index is 12.9. The second-order valence-corrected chi connectivity index (χ2v) is 19.5. The van der Waals surface area contributed by atoms with Gasteiger partial charge < -0.3 is 34.3 Å². The predicted octanol–water partition coefficient (Wildman–Crippen LogP) is 12.0. The van der Waals surface area contributed by atoms with Crippen LogP contribution in [-0.2, 0) is 38.3 Å². The highest BCUT2D eigenvalue weighted by molar-refractivity contribution is 7.80. The number of aliphatic hydroxyl groups is 3. The van der Waals surface area contributed by atoms with Crippen molar-refractivity contribution in [3.8, 4) is 0 Å². The Bertz CT molecular complexity index is 1110. The fourth-order valence-corrected chi connectivity index (χ4v) is 9.01. The molecule has 6 unspecified atom stereocenters. The van der Waals surface area contributed by atoms with Crippen LogP contribution < -0.4 is 0 Å². The highest BCUT2D eigenvalue weighted by Crippen LogP contribution is 2.26. The van der Waals surface area contributed by atoms with Crippen molar-refractivity contribution in [3.05, 3.63) is 0 Å². The second-order valence-electron chi connectivity index (χ2n) is 18.5. The monoisotopic (exact) mass is 923 g/mol. The van der Waals surface area contributed by atoms with E-state index in [2.05, 4.69) is 18.0 Å². The van der Waals surface area contributed by atoms with Crippen molar-refractivity contribution in [2.24, 2.45) is 0 Å². The molecule has 0 bridgehead atoms. The zero-order valence-corrected chi connectivity index (χ0v) is 41.2. The lowest BCUT2D eigenvalue weighted by atomic mass is 9.99. The number of unbranched alkanes of at least 4 members (excludes halogenated alkanes) is 34. The lowest BCUT2D eigenvalue weighted by Gasteiger charge is -2.41. The van der Waals surface area contributed by atoms with E-state index in [-0.39, 0.29) is 19.6 Å². The standard InChI is InChI=1S/C50H98O12S/c1-3-5-7-9-11-13-15-17-19-21-22-24-26-28-30-32-34-36-38-40-58-42-44(43-59-50-48(54)49(62-63(55,56)57)47(53)45(41-51)61-50)60-46(52)39-37-35-33-31-29-27-25-23-20-18-16-14-12-10-8-6-4-2/h44-45,47-51,53-54H,3-43H2,1-2H3,(H,55,56,57). The van der Waals surface area contributed by atoms with Crippen LogP contribution in [0.2, 0.25) is 0 Å². The van der Waals surface area contributed by atoms with Gasteiger partial charge in [0, 0.05) is 13.0 Å². The molecule has 0 amide bonds. The van der Waals surface area contributed by atoms with Crippen LogP contribution in [0.4, 0.5) is 0 Å². The summed E-state index contributed by atoms with van der Waals surface area (Å²) in [6, 6.07) is 0. The molecule has 0 saturated carbocycles. The van der Waals surface area contributed by atoms with Crippen LogP contribution in [0.25, 0.3) is 0 Å². The third-order valence-corrected chi connectivity index (χ3v) is 12.9. The summed E-state index contributed by atoms with van der Waals surface area (Å²) in [6.45, 7) is 4.06. The molecule has 0 spiro atoms. The number of hydrogen-bond acceptors (Lipinski definition) is 11. The van der Waals surface area contributed by atoms with Crippen molar-refractivity contribution in [2.45, 2.75) is 288 Å². The van der Waals surface area contributed by atoms with Crippen molar-refractivity contribution in [1.29, 1.82) is 0 Å². The summed E-state index contributed by atoms with van der Waals surface area (Å²) in [5.74, 6) is -0.391. The van der Waals surface area contributed by atoms with Crippen LogP contribution in [0.3, 0.4) is 0 Å². The smallest absolute Gasteiger partial charge is 0.397 e. The van der Waals surface area contributed by atoms with Gasteiger partial charge in [0.1, 0.15) is 30.5 Å². The molecule has 0 aromatic carbocycles. The molecule has 1 fully saturated rings. The van der Waals surface area contributed by atoms with E-state index in [1.807, 2.05) is 0 Å². The first-order valence-corrected chi connectivity index (χ1v) is 27.7. The third-order valence-electron chi connectivity index (χ3n) is 12.5. The largest absolute Gasteiger partial charge is 0.457 e. The molecule has 1 heterocycles. The molecule has 376 valence electrons. The number of hydrogen-bond donors (Lipinski definition) is 4. The molecule has 6 atom stereocenters. The zero-order chi connectivity index (χ0) is 46.1. The molecule has 13 heteroatoms. The summed E-state index contributed by atoms with van der Waals surface area (Å²) in [4.78, 5) is 12.9. The Hall–Kier alpha value is -0.900. The Morgan fingerprint density at radius 2 is 0.905 bits per heavy atom. The van der Waals surface area contributed by atoms with Gasteiger partial charge in [0.2, 0.25) is 0 Å². The summed E-state index contributed by atoms with van der Waals surface area (Å²) in [5, 5.41) is 30.8. The summed E-state index contributed by atoms with van der Waals surface area (Å²) in [6.07, 6.45) is 37.0. The zero-order valence-electron chi connectivity index (χ0n) is 40.4. The van der Waals surface area contributed by atoms with Crippen molar-refractivity contribution >= 4 is 16.4 Å². The van der Waals surface area contributed by atoms with Gasteiger partial charge in [-0.3, -0.25) is 9.35 Å². The number of aliphatic hydroxyl groups excluding tert-OH is 3. The molecule has 63 heavy (non-hydrogen) atoms. The molecule has 1 rings (SSSR count). The Kier molecular flexibility index (Phi) is 40.5. The van der Waals surface area contributed by atoms with Gasteiger partial charge in [-0.25, -0.2) is 4.18 Å². The fourth-order valence-electron chi connectivity index (χ4n) is 8.50. The van der Waals surface area contributed by atoms with Gasteiger partial charge in [0.15, 0.2) is 6.29 Å². The van der Waals surface area contributed by atoms with Gasteiger partial charge in [-0.15, -0.1) is 0 Å². The van der Waals surface area contributed by atoms with Gasteiger partial charge in [-0.1, -0.05) is 232 Å². The predicted molar refractivity (Wildman–Crippen MR) is 253 cm³/mol. The van der Waals surface area contributed by atoms with E-state index in [1.165, 1.54) is 186 Å². The van der Waals surface area contributed by atoms with Crippen LogP contribution in [0, 0.1) is 0 Å². The van der Waals surface area contributed by atoms with Gasteiger partial charge in [0.25, 0.3) is 0 Å². The highest BCUT2D eigenvalue weighted by Gasteiger charge is 2.48. The Morgan fingerprint density at radius 3 is 1.27 bits per heavy atom. The van der Waals surface area contributed by atoms with Crippen molar-refractivity contribution in [2.75, 3.05) is 26.4 Å². The Morgan fingerprint density at radius 1 is 0.540 bits per heavy atom. The molecule has 1 aliphatic heterocycles. The van der Waals surface area contributed by atoms with E-state index in [4.69, 9.17) is 18.9 Å². The highest BCUT2D eigenvalue weighted by atomic mass is 32.3. The number of esters is 1. The molecule has 0 aromatic heterocycles. The van der Waals surface area contributed by atoms with E-state index in [0.29, 0.717) is 13.0 Å². The maximum absolute atomic E-state index is 12.9. The van der Waals surface area contributed by atoms with E-state index < -0.39 is 59.8 Å². The van der Waals surface area contributed by atoms with Crippen LogP contribution in [-0.4, -0.2) is 97.5 Å². The SMILES string of the molecule is CCCCCCCCCCCCCCCCCCCCCOCC(COC1OC(CO)C(O)C(OS(=O)(=O)O)C1O)OC(=O)CCCCCCCCCCCCCCCCCCC. The maximum Gasteiger partial charge on any atom is 0.397 e. The lowest BCUT2D eigenvalue weighted by Crippen LogP contribution is -2.60. The Labute approximate surface area is 386 Å². The van der Waals surface area contributed by atoms with Crippen LogP contribution in [0.1, 0.15) is 251 Å². The molecule has 0 aliphatic carbocycles. The first-order chi connectivity index (χ1) is 30.6. The topological polar surface area (TPSA) is 178 Å². The normalized spacial score (nSPS) is 19.7. The van der Waals surface area contributed by atoms with Crippen LogP contribution >= 0.6 is 0 Å². The first-order valence-electron chi connectivity index (χ1n) is 26.3. The third kappa shape index (κ3) is 35.9. The van der Waals surface area contributed by atoms with Crippen molar-refractivity contribution in [1.82, 2.24) is 0 Å². The molecule has 4 N–H and O–H groups in total. The minimum absolute atomic E-state index is 0.0453. The molecule has 0 aromatic rings. The van der Waals surface area contributed by atoms with Gasteiger partial charge >= 0.3 is 16.4 Å². The van der Waals surface area contributed by atoms with E-state index in [9.17, 15) is 33.1 Å². The fraction of sp³-hybridized carbons (Fsp3) is 0.980. The van der Waals surface area contributed by atoms with Crippen molar-refractivity contribution in [3.63, 3.8) is 0 Å². The average molecular weight is 923 g/mol. The summed E-state index contributed by atoms with van der Waals surface area (Å²) >= 11 is 0. The first kappa shape index (κ1) is 60.1. The molecular formula is C50H98O12S. The van der Waals surface area contributed by atoms with Gasteiger partial charge in [-0.2, -0.15) is 8.42 Å². The van der Waals surface area contributed by atoms with Gasteiger partial charge in [-0.05, 0) is 12.8 Å². The van der Waals surface area contributed by atoms with Crippen LogP contribution in [0.15, 0.2) is 0 Å². The minimum atomic E-state index is -5.06. The van der Waals surface area contributed by atoms with Crippen molar-refractivity contribution < 1.29 is 56.2 Å². The average Bonchev–Trinajstić information content (AvgIpc) is 3.26.